The summed E-state index contributed by atoms with van der Waals surface area (Å²) < 4.78 is 8.08. The minimum Gasteiger partial charge on any atom is -0.390 e. The molecule has 9 heteroatoms. The molecule has 3 aromatic heterocycles. The quantitative estimate of drug-likeness (QED) is 0.363. The Morgan fingerprint density at radius 2 is 1.97 bits per heavy atom. The number of benzene rings is 1. The molecule has 1 saturated carbocycles. The summed E-state index contributed by atoms with van der Waals surface area (Å²) in [7, 11) is 0. The van der Waals surface area contributed by atoms with Gasteiger partial charge in [-0.2, -0.15) is 0 Å². The molecule has 2 fully saturated rings. The van der Waals surface area contributed by atoms with Gasteiger partial charge in [-0.25, -0.2) is 15.0 Å². The maximum Gasteiger partial charge on any atom is 0.145 e. The van der Waals surface area contributed by atoms with Crippen LogP contribution in [0.15, 0.2) is 48.9 Å². The van der Waals surface area contributed by atoms with Gasteiger partial charge in [0.25, 0.3) is 0 Å². The first kappa shape index (κ1) is 21.3. The first-order valence-electron chi connectivity index (χ1n) is 11.6. The summed E-state index contributed by atoms with van der Waals surface area (Å²) in [5, 5.41) is 23.9. The Labute approximate surface area is 196 Å². The van der Waals surface area contributed by atoms with Crippen molar-refractivity contribution in [3.63, 3.8) is 0 Å². The monoisotopic (exact) mass is 460 g/mol. The molecule has 176 valence electrons. The minimum atomic E-state index is -0.917. The van der Waals surface area contributed by atoms with E-state index in [0.717, 1.165) is 34.7 Å². The number of aliphatic hydroxyl groups is 2. The summed E-state index contributed by atoms with van der Waals surface area (Å²) in [5.74, 6) is 0.912. The highest BCUT2D eigenvalue weighted by atomic mass is 16.5. The van der Waals surface area contributed by atoms with Crippen LogP contribution in [-0.2, 0) is 11.2 Å². The van der Waals surface area contributed by atoms with E-state index in [9.17, 15) is 10.2 Å². The zero-order valence-corrected chi connectivity index (χ0v) is 18.7. The third kappa shape index (κ3) is 3.31. The van der Waals surface area contributed by atoms with E-state index < -0.39 is 17.6 Å². The van der Waals surface area contributed by atoms with Crippen LogP contribution in [0.1, 0.15) is 30.9 Å². The molecule has 0 bridgehead atoms. The van der Waals surface area contributed by atoms with E-state index in [1.807, 2.05) is 41.1 Å². The van der Waals surface area contributed by atoms with Crippen molar-refractivity contribution in [3.05, 3.63) is 54.5 Å². The first-order chi connectivity index (χ1) is 16.4. The van der Waals surface area contributed by atoms with Crippen LogP contribution < -0.4 is 11.5 Å². The third-order valence-electron chi connectivity index (χ3n) is 7.66. The van der Waals surface area contributed by atoms with Crippen LogP contribution in [0.2, 0.25) is 0 Å². The highest BCUT2D eigenvalue weighted by Gasteiger charge is 2.57. The molecule has 9 nitrogen and oxygen atoms in total. The molecule has 4 aromatic rings. The van der Waals surface area contributed by atoms with Gasteiger partial charge < -0.3 is 31.0 Å². The fourth-order valence-corrected chi connectivity index (χ4v) is 5.88. The number of para-hydroxylation sites is 1. The molecule has 4 heterocycles. The molecule has 1 aliphatic heterocycles. The maximum atomic E-state index is 11.1. The summed E-state index contributed by atoms with van der Waals surface area (Å²) in [6.45, 7) is 0.420. The molecule has 5 atom stereocenters. The SMILES string of the molecule is Nc1ccc2cccc(CC[C@H]3C[C@@]4(CO3)C[C@@H](n3ccc5c(N)ncnc53)[C@H](O)[C@@H]4O)c2n1. The van der Waals surface area contributed by atoms with Crippen LogP contribution >= 0.6 is 0 Å². The third-order valence-corrected chi connectivity index (χ3v) is 7.66. The number of ether oxygens (including phenoxy) is 1. The molecule has 1 aromatic carbocycles. The van der Waals surface area contributed by atoms with Crippen LogP contribution in [0.25, 0.3) is 21.9 Å². The van der Waals surface area contributed by atoms with Crippen LogP contribution in [0.5, 0.6) is 0 Å². The van der Waals surface area contributed by atoms with E-state index in [-0.39, 0.29) is 12.1 Å². The number of hydrogen-bond donors (Lipinski definition) is 4. The molecule has 1 aliphatic carbocycles. The van der Waals surface area contributed by atoms with Gasteiger partial charge in [-0.1, -0.05) is 18.2 Å². The topological polar surface area (TPSA) is 145 Å². The van der Waals surface area contributed by atoms with Gasteiger partial charge in [0.1, 0.15) is 29.7 Å². The van der Waals surface area contributed by atoms with Crippen LogP contribution in [-0.4, -0.2) is 54.7 Å². The maximum absolute atomic E-state index is 11.1. The fourth-order valence-electron chi connectivity index (χ4n) is 5.88. The van der Waals surface area contributed by atoms with Gasteiger partial charge in [-0.3, -0.25) is 0 Å². The predicted octanol–water partition coefficient (Wildman–Crippen LogP) is 2.22. The summed E-state index contributed by atoms with van der Waals surface area (Å²) in [6.07, 6.45) is 4.39. The number of nitrogens with zero attached hydrogens (tertiary/aromatic N) is 4. The van der Waals surface area contributed by atoms with Gasteiger partial charge in [-0.15, -0.1) is 0 Å². The number of hydrogen-bond acceptors (Lipinski definition) is 8. The molecule has 2 aliphatic rings. The molecule has 6 N–H and O–H groups in total. The second-order valence-electron chi connectivity index (χ2n) is 9.69. The lowest BCUT2D eigenvalue weighted by Crippen LogP contribution is -2.37. The Morgan fingerprint density at radius 3 is 2.85 bits per heavy atom. The Hall–Kier alpha value is -3.27. The molecular formula is C25H28N6O3. The summed E-state index contributed by atoms with van der Waals surface area (Å²) in [4.78, 5) is 12.9. The average Bonchev–Trinajstić information content (AvgIpc) is 3.51. The smallest absolute Gasteiger partial charge is 0.145 e. The number of fused-ring (bicyclic) bond motifs is 2. The molecule has 1 saturated heterocycles. The van der Waals surface area contributed by atoms with Crippen LogP contribution in [0.4, 0.5) is 11.6 Å². The Balaban J connectivity index is 1.20. The second kappa shape index (κ2) is 7.90. The highest BCUT2D eigenvalue weighted by molar-refractivity contribution is 5.86. The molecular weight excluding hydrogens is 432 g/mol. The number of anilines is 2. The molecule has 0 unspecified atom stereocenters. The normalized spacial score (nSPS) is 29.0. The summed E-state index contributed by atoms with van der Waals surface area (Å²) >= 11 is 0. The molecule has 34 heavy (non-hydrogen) atoms. The number of nitrogens with two attached hydrogens (primary N) is 2. The Morgan fingerprint density at radius 1 is 1.09 bits per heavy atom. The minimum absolute atomic E-state index is 0.00343. The Kier molecular flexibility index (Phi) is 4.94. The van der Waals surface area contributed by atoms with Crippen molar-refractivity contribution in [1.82, 2.24) is 19.5 Å². The van der Waals surface area contributed by atoms with Crippen molar-refractivity contribution in [2.24, 2.45) is 5.41 Å². The van der Waals surface area contributed by atoms with E-state index >= 15 is 0 Å². The van der Waals surface area contributed by atoms with Crippen molar-refractivity contribution in [1.29, 1.82) is 0 Å². The fraction of sp³-hybridized carbons (Fsp3) is 0.400. The number of aliphatic hydroxyl groups excluding tert-OH is 2. The zero-order chi connectivity index (χ0) is 23.4. The molecule has 0 amide bonds. The van der Waals surface area contributed by atoms with E-state index in [1.165, 1.54) is 6.33 Å². The van der Waals surface area contributed by atoms with Crippen LogP contribution in [0, 0.1) is 5.41 Å². The predicted molar refractivity (Wildman–Crippen MR) is 129 cm³/mol. The lowest BCUT2D eigenvalue weighted by atomic mass is 9.80. The van der Waals surface area contributed by atoms with Gasteiger partial charge in [0.05, 0.1) is 35.8 Å². The standard InChI is InChI=1S/C25H28N6O3/c26-19-7-5-15-3-1-2-14(20(15)30-19)4-6-16-10-25(12-34-16)11-18(21(32)22(25)33)31-9-8-17-23(27)28-13-29-24(17)31/h1-3,5,7-9,13,16,18,21-22,32-33H,4,6,10-12H2,(H2,26,30)(H2,27,28,29)/t16-,18+,21-,22-,25-/m0/s1. The number of aromatic nitrogens is 4. The molecule has 0 radical (unpaired) electrons. The molecule has 1 spiro atoms. The van der Waals surface area contributed by atoms with E-state index in [0.29, 0.717) is 36.7 Å². The van der Waals surface area contributed by atoms with E-state index in [2.05, 4.69) is 21.0 Å². The lowest BCUT2D eigenvalue weighted by molar-refractivity contribution is -0.0309. The van der Waals surface area contributed by atoms with Crippen molar-refractivity contribution >= 4 is 33.6 Å². The van der Waals surface area contributed by atoms with Gasteiger partial charge in [0.15, 0.2) is 0 Å². The largest absolute Gasteiger partial charge is 0.390 e. The summed E-state index contributed by atoms with van der Waals surface area (Å²) in [6, 6.07) is 11.5. The van der Waals surface area contributed by atoms with E-state index in [4.69, 9.17) is 16.2 Å². The van der Waals surface area contributed by atoms with E-state index in [1.54, 1.807) is 0 Å². The number of rotatable bonds is 4. The van der Waals surface area contributed by atoms with Gasteiger partial charge in [-0.05, 0) is 49.4 Å². The van der Waals surface area contributed by atoms with Crippen molar-refractivity contribution in [3.8, 4) is 0 Å². The first-order valence-corrected chi connectivity index (χ1v) is 11.6. The lowest BCUT2D eigenvalue weighted by Gasteiger charge is -2.26. The number of aryl methyl sites for hydroxylation is 1. The number of pyridine rings is 1. The van der Waals surface area contributed by atoms with Crippen molar-refractivity contribution in [2.75, 3.05) is 18.1 Å². The Bertz CT molecular complexity index is 1370. The van der Waals surface area contributed by atoms with Gasteiger partial charge in [0, 0.05) is 17.0 Å². The van der Waals surface area contributed by atoms with Gasteiger partial charge >= 0.3 is 0 Å². The molecule has 6 rings (SSSR count). The van der Waals surface area contributed by atoms with Crippen molar-refractivity contribution < 1.29 is 14.9 Å². The number of nitrogen functional groups attached to an aromatic ring is 2. The van der Waals surface area contributed by atoms with Crippen molar-refractivity contribution in [2.45, 2.75) is 50.0 Å². The van der Waals surface area contributed by atoms with Crippen LogP contribution in [0.3, 0.4) is 0 Å². The average molecular weight is 461 g/mol. The highest BCUT2D eigenvalue weighted by Crippen LogP contribution is 2.52. The van der Waals surface area contributed by atoms with Gasteiger partial charge in [0.2, 0.25) is 0 Å². The zero-order valence-electron chi connectivity index (χ0n) is 18.7. The second-order valence-corrected chi connectivity index (χ2v) is 9.69. The summed E-state index contributed by atoms with van der Waals surface area (Å²) in [5.41, 5.74) is 14.1.